The van der Waals surface area contributed by atoms with Crippen molar-refractivity contribution in [2.75, 3.05) is 13.6 Å². The summed E-state index contributed by atoms with van der Waals surface area (Å²) in [5.41, 5.74) is 2.92. The first kappa shape index (κ1) is 19.7. The van der Waals surface area contributed by atoms with Gasteiger partial charge in [-0.25, -0.2) is 4.79 Å². The summed E-state index contributed by atoms with van der Waals surface area (Å²) < 4.78 is 0. The number of carbonyl (C=O) groups excluding carboxylic acids is 3. The van der Waals surface area contributed by atoms with E-state index in [9.17, 15) is 14.4 Å². The van der Waals surface area contributed by atoms with E-state index in [4.69, 9.17) is 0 Å². The highest BCUT2D eigenvalue weighted by atomic mass is 16.2. The molecular weight excluding hydrogens is 380 g/mol. The summed E-state index contributed by atoms with van der Waals surface area (Å²) in [5, 5.41) is 3.73. The smallest absolute Gasteiger partial charge is 0.325 e. The quantitative estimate of drug-likeness (QED) is 0.620. The Morgan fingerprint density at radius 2 is 1.80 bits per heavy atom. The Balaban J connectivity index is 1.43. The van der Waals surface area contributed by atoms with Crippen molar-refractivity contribution in [1.82, 2.24) is 20.1 Å². The number of hydrogen-bond acceptors (Lipinski definition) is 3. The fourth-order valence-corrected chi connectivity index (χ4v) is 3.80. The van der Waals surface area contributed by atoms with Crippen LogP contribution in [0.4, 0.5) is 4.79 Å². The molecular formula is C23H24N4O3. The van der Waals surface area contributed by atoms with Crippen LogP contribution in [0.5, 0.6) is 0 Å². The van der Waals surface area contributed by atoms with Crippen LogP contribution in [0.25, 0.3) is 10.9 Å². The van der Waals surface area contributed by atoms with Crippen molar-refractivity contribution >= 4 is 28.7 Å². The number of aromatic nitrogens is 1. The van der Waals surface area contributed by atoms with Gasteiger partial charge in [0, 0.05) is 30.6 Å². The van der Waals surface area contributed by atoms with E-state index in [0.29, 0.717) is 6.42 Å². The highest BCUT2D eigenvalue weighted by Gasteiger charge is 2.39. The number of carbonyl (C=O) groups is 3. The number of nitrogens with one attached hydrogen (secondary N) is 2. The number of aromatic amines is 1. The van der Waals surface area contributed by atoms with Gasteiger partial charge < -0.3 is 15.2 Å². The second-order valence-corrected chi connectivity index (χ2v) is 7.58. The van der Waals surface area contributed by atoms with Crippen molar-refractivity contribution in [3.63, 3.8) is 0 Å². The third-order valence-electron chi connectivity index (χ3n) is 5.76. The Kier molecular flexibility index (Phi) is 5.27. The van der Waals surface area contributed by atoms with E-state index in [1.54, 1.807) is 11.9 Å². The minimum atomic E-state index is -0.679. The van der Waals surface area contributed by atoms with Crippen molar-refractivity contribution in [2.24, 2.45) is 0 Å². The molecule has 7 nitrogen and oxygen atoms in total. The van der Waals surface area contributed by atoms with E-state index in [-0.39, 0.29) is 24.4 Å². The summed E-state index contributed by atoms with van der Waals surface area (Å²) in [4.78, 5) is 43.7. The summed E-state index contributed by atoms with van der Waals surface area (Å²) in [6, 6.07) is 16.1. The van der Waals surface area contributed by atoms with Crippen LogP contribution in [0, 0.1) is 0 Å². The van der Waals surface area contributed by atoms with Crippen LogP contribution in [-0.2, 0) is 16.0 Å². The van der Waals surface area contributed by atoms with Crippen LogP contribution < -0.4 is 5.32 Å². The van der Waals surface area contributed by atoms with Gasteiger partial charge in [-0.1, -0.05) is 48.5 Å². The normalized spacial score (nSPS) is 17.3. The van der Waals surface area contributed by atoms with E-state index in [0.717, 1.165) is 26.9 Å². The molecule has 2 unspecified atom stereocenters. The first-order valence-corrected chi connectivity index (χ1v) is 9.93. The van der Waals surface area contributed by atoms with Gasteiger partial charge in [0.05, 0.1) is 6.04 Å². The first-order chi connectivity index (χ1) is 14.5. The number of benzene rings is 2. The standard InChI is InChI=1S/C23H24N4O3/c1-15(16-8-4-3-5-9-16)26(2)21(28)14-27-22(29)20(25-23(27)30)12-17-13-24-19-11-7-6-10-18(17)19/h3-11,13,15,20,24H,12,14H2,1-2H3,(H,25,30). The summed E-state index contributed by atoms with van der Waals surface area (Å²) in [6.07, 6.45) is 2.22. The maximum Gasteiger partial charge on any atom is 0.325 e. The monoisotopic (exact) mass is 404 g/mol. The SMILES string of the molecule is CC(c1ccccc1)N(C)C(=O)CN1C(=O)NC(Cc2c[nH]c3ccccc23)C1=O. The molecule has 2 aromatic carbocycles. The van der Waals surface area contributed by atoms with Crippen LogP contribution in [-0.4, -0.2) is 52.3 Å². The number of urea groups is 1. The molecule has 2 heterocycles. The Hall–Kier alpha value is -3.61. The van der Waals surface area contributed by atoms with E-state index >= 15 is 0 Å². The highest BCUT2D eigenvalue weighted by molar-refractivity contribution is 6.06. The van der Waals surface area contributed by atoms with Crippen LogP contribution in [0.2, 0.25) is 0 Å². The zero-order chi connectivity index (χ0) is 21.3. The largest absolute Gasteiger partial charge is 0.361 e. The van der Waals surface area contributed by atoms with Gasteiger partial charge in [-0.15, -0.1) is 0 Å². The van der Waals surface area contributed by atoms with Crippen molar-refractivity contribution < 1.29 is 14.4 Å². The maximum atomic E-state index is 12.8. The average molecular weight is 404 g/mol. The number of hydrogen-bond donors (Lipinski definition) is 2. The number of likely N-dealkylation sites (N-methyl/N-ethyl adjacent to an activating group) is 1. The van der Waals surface area contributed by atoms with Gasteiger partial charge >= 0.3 is 6.03 Å². The van der Waals surface area contributed by atoms with E-state index in [1.165, 1.54) is 0 Å². The van der Waals surface area contributed by atoms with Gasteiger partial charge in [0.25, 0.3) is 5.91 Å². The molecule has 0 bridgehead atoms. The van der Waals surface area contributed by atoms with Gasteiger partial charge in [-0.2, -0.15) is 0 Å². The molecule has 0 radical (unpaired) electrons. The van der Waals surface area contributed by atoms with E-state index < -0.39 is 12.1 Å². The van der Waals surface area contributed by atoms with Crippen molar-refractivity contribution in [3.8, 4) is 0 Å². The van der Waals surface area contributed by atoms with Crippen molar-refractivity contribution in [3.05, 3.63) is 71.9 Å². The Morgan fingerprint density at radius 1 is 1.10 bits per heavy atom. The average Bonchev–Trinajstić information content (AvgIpc) is 3.29. The Labute approximate surface area is 174 Å². The molecule has 1 saturated heterocycles. The van der Waals surface area contributed by atoms with Crippen LogP contribution in [0.3, 0.4) is 0 Å². The lowest BCUT2D eigenvalue weighted by molar-refractivity contribution is -0.137. The first-order valence-electron chi connectivity index (χ1n) is 9.93. The molecule has 30 heavy (non-hydrogen) atoms. The van der Waals surface area contributed by atoms with Gasteiger partial charge in [-0.05, 0) is 24.1 Å². The molecule has 4 amide bonds. The molecule has 2 N–H and O–H groups in total. The number of imide groups is 1. The summed E-state index contributed by atoms with van der Waals surface area (Å²) >= 11 is 0. The second kappa shape index (κ2) is 8.02. The van der Waals surface area contributed by atoms with Crippen LogP contribution in [0.15, 0.2) is 60.8 Å². The van der Waals surface area contributed by atoms with E-state index in [1.807, 2.05) is 67.7 Å². The van der Waals surface area contributed by atoms with E-state index in [2.05, 4.69) is 10.3 Å². The summed E-state index contributed by atoms with van der Waals surface area (Å²) in [7, 11) is 1.68. The molecule has 1 fully saturated rings. The number of rotatable bonds is 6. The zero-order valence-electron chi connectivity index (χ0n) is 17.0. The molecule has 0 spiro atoms. The number of para-hydroxylation sites is 1. The summed E-state index contributed by atoms with van der Waals surface area (Å²) in [6.45, 7) is 1.64. The minimum absolute atomic E-state index is 0.165. The third-order valence-corrected chi connectivity index (χ3v) is 5.76. The third kappa shape index (κ3) is 3.66. The molecule has 4 rings (SSSR count). The molecule has 3 aromatic rings. The predicted octanol–water partition coefficient (Wildman–Crippen LogP) is 2.85. The molecule has 0 aliphatic carbocycles. The lowest BCUT2D eigenvalue weighted by Gasteiger charge is -2.26. The number of amides is 4. The topological polar surface area (TPSA) is 85.5 Å². The highest BCUT2D eigenvalue weighted by Crippen LogP contribution is 2.22. The molecule has 2 atom stereocenters. The van der Waals surface area contributed by atoms with Crippen molar-refractivity contribution in [2.45, 2.75) is 25.4 Å². The maximum absolute atomic E-state index is 12.8. The molecule has 7 heteroatoms. The van der Waals surface area contributed by atoms with Crippen LogP contribution in [0.1, 0.15) is 24.1 Å². The Bertz CT molecular complexity index is 1090. The van der Waals surface area contributed by atoms with Gasteiger partial charge in [0.15, 0.2) is 0 Å². The fourth-order valence-electron chi connectivity index (χ4n) is 3.80. The Morgan fingerprint density at radius 3 is 2.57 bits per heavy atom. The van der Waals surface area contributed by atoms with Gasteiger partial charge in [-0.3, -0.25) is 14.5 Å². The number of H-pyrrole nitrogens is 1. The molecule has 0 saturated carbocycles. The molecule has 154 valence electrons. The zero-order valence-corrected chi connectivity index (χ0v) is 17.0. The lowest BCUT2D eigenvalue weighted by atomic mass is 10.1. The predicted molar refractivity (Wildman–Crippen MR) is 114 cm³/mol. The van der Waals surface area contributed by atoms with Gasteiger partial charge in [0.1, 0.15) is 12.6 Å². The van der Waals surface area contributed by atoms with Crippen molar-refractivity contribution in [1.29, 1.82) is 0 Å². The van der Waals surface area contributed by atoms with Gasteiger partial charge in [0.2, 0.25) is 5.91 Å². The lowest BCUT2D eigenvalue weighted by Crippen LogP contribution is -2.42. The summed E-state index contributed by atoms with van der Waals surface area (Å²) in [5.74, 6) is -0.665. The number of fused-ring (bicyclic) bond motifs is 1. The number of nitrogens with zero attached hydrogens (tertiary/aromatic N) is 2. The van der Waals surface area contributed by atoms with Crippen LogP contribution >= 0.6 is 0 Å². The fraction of sp³-hybridized carbons (Fsp3) is 0.261. The second-order valence-electron chi connectivity index (χ2n) is 7.58. The minimum Gasteiger partial charge on any atom is -0.361 e. The molecule has 1 aliphatic rings. The molecule has 1 aromatic heterocycles. The molecule has 1 aliphatic heterocycles.